The largest absolute Gasteiger partial charge is 0.504 e. The standard InChI is InChI=1S/C23H36O4/c1-2-3-4-5-6-7-8-9-10-11-12-13-14-15-16-17-19-22(26)20(24)18-21(25)23(19)27/h9-10,18,24,27H,2-8,11-17H2,1H3/b10-9-. The van der Waals surface area contributed by atoms with Gasteiger partial charge in [-0.15, -0.1) is 0 Å². The highest BCUT2D eigenvalue weighted by Crippen LogP contribution is 2.22. The summed E-state index contributed by atoms with van der Waals surface area (Å²) in [5.74, 6) is -2.38. The fourth-order valence-electron chi connectivity index (χ4n) is 3.27. The van der Waals surface area contributed by atoms with Gasteiger partial charge in [-0.3, -0.25) is 9.59 Å². The highest BCUT2D eigenvalue weighted by atomic mass is 16.3. The Labute approximate surface area is 164 Å². The molecule has 0 aromatic heterocycles. The van der Waals surface area contributed by atoms with Crippen LogP contribution >= 0.6 is 0 Å². The first-order valence-corrected chi connectivity index (χ1v) is 10.6. The topological polar surface area (TPSA) is 74.6 Å². The Bertz CT molecular complexity index is 555. The normalized spacial score (nSPS) is 15.1. The summed E-state index contributed by atoms with van der Waals surface area (Å²) in [6.07, 6.45) is 21.1. The lowest BCUT2D eigenvalue weighted by Gasteiger charge is -2.12. The van der Waals surface area contributed by atoms with Gasteiger partial charge in [-0.1, -0.05) is 70.4 Å². The third kappa shape index (κ3) is 9.60. The van der Waals surface area contributed by atoms with Gasteiger partial charge in [-0.05, 0) is 38.5 Å². The van der Waals surface area contributed by atoms with Crippen molar-refractivity contribution in [1.82, 2.24) is 0 Å². The molecular formula is C23H36O4. The van der Waals surface area contributed by atoms with E-state index in [1.54, 1.807) is 0 Å². The maximum Gasteiger partial charge on any atom is 0.227 e. The summed E-state index contributed by atoms with van der Waals surface area (Å²) in [5.41, 5.74) is 0.0534. The summed E-state index contributed by atoms with van der Waals surface area (Å²) in [5, 5.41) is 19.1. The van der Waals surface area contributed by atoms with Crippen LogP contribution in [0.2, 0.25) is 0 Å². The van der Waals surface area contributed by atoms with Crippen LogP contribution in [0.3, 0.4) is 0 Å². The molecule has 0 saturated carbocycles. The van der Waals surface area contributed by atoms with Gasteiger partial charge in [0, 0.05) is 11.6 Å². The molecular weight excluding hydrogens is 340 g/mol. The Morgan fingerprint density at radius 1 is 0.778 bits per heavy atom. The molecule has 0 heterocycles. The molecule has 152 valence electrons. The van der Waals surface area contributed by atoms with Crippen molar-refractivity contribution in [2.75, 3.05) is 0 Å². The summed E-state index contributed by atoms with van der Waals surface area (Å²) >= 11 is 0. The average molecular weight is 377 g/mol. The smallest absolute Gasteiger partial charge is 0.227 e. The van der Waals surface area contributed by atoms with E-state index < -0.39 is 23.1 Å². The molecule has 4 heteroatoms. The first-order valence-electron chi connectivity index (χ1n) is 10.6. The Hall–Kier alpha value is -1.84. The van der Waals surface area contributed by atoms with Crippen molar-refractivity contribution in [3.8, 4) is 0 Å². The first kappa shape index (κ1) is 23.2. The second-order valence-corrected chi connectivity index (χ2v) is 7.38. The number of aliphatic hydroxyl groups is 2. The molecule has 27 heavy (non-hydrogen) atoms. The van der Waals surface area contributed by atoms with E-state index in [0.29, 0.717) is 6.42 Å². The van der Waals surface area contributed by atoms with Gasteiger partial charge >= 0.3 is 0 Å². The van der Waals surface area contributed by atoms with Gasteiger partial charge in [0.2, 0.25) is 11.6 Å². The Morgan fingerprint density at radius 2 is 1.30 bits per heavy atom. The van der Waals surface area contributed by atoms with Crippen LogP contribution in [-0.4, -0.2) is 21.8 Å². The van der Waals surface area contributed by atoms with E-state index in [-0.39, 0.29) is 5.57 Å². The van der Waals surface area contributed by atoms with Crippen LogP contribution in [0.15, 0.2) is 35.3 Å². The minimum Gasteiger partial charge on any atom is -0.504 e. The molecule has 0 atom stereocenters. The maximum absolute atomic E-state index is 11.8. The summed E-state index contributed by atoms with van der Waals surface area (Å²) in [6.45, 7) is 2.24. The Morgan fingerprint density at radius 3 is 1.89 bits per heavy atom. The zero-order chi connectivity index (χ0) is 19.9. The van der Waals surface area contributed by atoms with Crippen molar-refractivity contribution in [3.63, 3.8) is 0 Å². The quantitative estimate of drug-likeness (QED) is 0.196. The van der Waals surface area contributed by atoms with Crippen molar-refractivity contribution in [2.24, 2.45) is 0 Å². The predicted octanol–water partition coefficient (Wildman–Crippen LogP) is 6.43. The summed E-state index contributed by atoms with van der Waals surface area (Å²) in [7, 11) is 0. The molecule has 0 fully saturated rings. The third-order valence-electron chi connectivity index (χ3n) is 4.98. The van der Waals surface area contributed by atoms with Crippen molar-refractivity contribution in [2.45, 2.75) is 96.8 Å². The Balaban J connectivity index is 1.99. The SMILES string of the molecule is CCCCCCCC/C=C\CCCCCCCC1=C(O)C(=O)C=C(O)C1=O. The van der Waals surface area contributed by atoms with E-state index >= 15 is 0 Å². The molecule has 0 bridgehead atoms. The van der Waals surface area contributed by atoms with Gasteiger partial charge in [-0.2, -0.15) is 0 Å². The molecule has 0 aliphatic heterocycles. The van der Waals surface area contributed by atoms with Crippen LogP contribution in [0.5, 0.6) is 0 Å². The molecule has 0 spiro atoms. The molecule has 0 unspecified atom stereocenters. The molecule has 0 saturated heterocycles. The number of hydrogen-bond donors (Lipinski definition) is 2. The zero-order valence-electron chi connectivity index (χ0n) is 16.8. The van der Waals surface area contributed by atoms with Crippen LogP contribution in [0.4, 0.5) is 0 Å². The zero-order valence-corrected chi connectivity index (χ0v) is 16.8. The van der Waals surface area contributed by atoms with Gasteiger partial charge in [-0.25, -0.2) is 0 Å². The highest BCUT2D eigenvalue weighted by Gasteiger charge is 2.27. The fraction of sp³-hybridized carbons (Fsp3) is 0.652. The number of carbonyl (C=O) groups excluding carboxylic acids is 2. The molecule has 4 nitrogen and oxygen atoms in total. The van der Waals surface area contributed by atoms with E-state index in [0.717, 1.165) is 38.2 Å². The Kier molecular flexibility index (Phi) is 12.2. The van der Waals surface area contributed by atoms with Crippen LogP contribution in [0.25, 0.3) is 0 Å². The minimum atomic E-state index is -0.685. The molecule has 0 radical (unpaired) electrons. The van der Waals surface area contributed by atoms with Gasteiger partial charge in [0.15, 0.2) is 11.5 Å². The van der Waals surface area contributed by atoms with Gasteiger partial charge in [0.25, 0.3) is 0 Å². The molecule has 0 aromatic rings. The lowest BCUT2D eigenvalue weighted by Crippen LogP contribution is -2.19. The number of allylic oxidation sites excluding steroid dienone is 4. The molecule has 0 aromatic carbocycles. The van der Waals surface area contributed by atoms with E-state index in [1.807, 2.05) is 0 Å². The summed E-state index contributed by atoms with van der Waals surface area (Å²) in [6, 6.07) is 0. The van der Waals surface area contributed by atoms with Crippen molar-refractivity contribution < 1.29 is 19.8 Å². The number of ketones is 2. The molecule has 2 N–H and O–H groups in total. The van der Waals surface area contributed by atoms with Gasteiger partial charge in [0.05, 0.1) is 0 Å². The van der Waals surface area contributed by atoms with Gasteiger partial charge in [0.1, 0.15) is 0 Å². The summed E-state index contributed by atoms with van der Waals surface area (Å²) in [4.78, 5) is 23.2. The molecule has 1 aliphatic rings. The second kappa shape index (κ2) is 14.2. The predicted molar refractivity (Wildman–Crippen MR) is 110 cm³/mol. The van der Waals surface area contributed by atoms with Crippen molar-refractivity contribution in [3.05, 3.63) is 35.3 Å². The van der Waals surface area contributed by atoms with E-state index in [9.17, 15) is 19.8 Å². The van der Waals surface area contributed by atoms with Crippen molar-refractivity contribution in [1.29, 1.82) is 0 Å². The monoisotopic (exact) mass is 376 g/mol. The minimum absolute atomic E-state index is 0.0534. The molecule has 0 amide bonds. The summed E-state index contributed by atoms with van der Waals surface area (Å²) < 4.78 is 0. The van der Waals surface area contributed by atoms with Gasteiger partial charge < -0.3 is 10.2 Å². The number of Topliss-reactive ketones (excluding diaryl/α,β-unsaturated/α-hetero) is 1. The highest BCUT2D eigenvalue weighted by molar-refractivity contribution is 6.20. The van der Waals surface area contributed by atoms with Crippen LogP contribution in [0.1, 0.15) is 96.8 Å². The number of hydrogen-bond acceptors (Lipinski definition) is 4. The third-order valence-corrected chi connectivity index (χ3v) is 4.98. The number of aliphatic hydroxyl groups excluding tert-OH is 2. The molecule has 1 rings (SSSR count). The van der Waals surface area contributed by atoms with Crippen molar-refractivity contribution >= 4 is 11.6 Å². The number of carbonyl (C=O) groups is 2. The average Bonchev–Trinajstić information content (AvgIpc) is 2.65. The lowest BCUT2D eigenvalue weighted by molar-refractivity contribution is -0.119. The lowest BCUT2D eigenvalue weighted by atomic mass is 9.95. The first-order chi connectivity index (χ1) is 13.1. The molecule has 1 aliphatic carbocycles. The number of rotatable bonds is 15. The number of unbranched alkanes of at least 4 members (excludes halogenated alkanes) is 11. The van der Waals surface area contributed by atoms with Crippen LogP contribution in [0, 0.1) is 0 Å². The maximum atomic E-state index is 11.8. The van der Waals surface area contributed by atoms with Crippen LogP contribution < -0.4 is 0 Å². The fourth-order valence-corrected chi connectivity index (χ4v) is 3.27. The van der Waals surface area contributed by atoms with Crippen LogP contribution in [-0.2, 0) is 9.59 Å². The van der Waals surface area contributed by atoms with E-state index in [4.69, 9.17) is 0 Å². The second-order valence-electron chi connectivity index (χ2n) is 7.38. The van der Waals surface area contributed by atoms with E-state index in [1.165, 1.54) is 51.4 Å². The van der Waals surface area contributed by atoms with E-state index in [2.05, 4.69) is 19.1 Å².